The first-order chi connectivity index (χ1) is 12.0. The SMILES string of the molecule is CCC(C(N)=O)N1CCOC(CNC(=O)c2oc(C3CC3)nc2C)C1. The van der Waals surface area contributed by atoms with Crippen molar-refractivity contribution in [3.05, 3.63) is 17.3 Å². The molecule has 3 rings (SSSR count). The summed E-state index contributed by atoms with van der Waals surface area (Å²) < 4.78 is 11.3. The Balaban J connectivity index is 1.54. The number of nitrogens with one attached hydrogen (secondary N) is 1. The number of aromatic nitrogens is 1. The Bertz CT molecular complexity index is 641. The number of ether oxygens (including phenoxy) is 1. The van der Waals surface area contributed by atoms with Crippen molar-refractivity contribution < 1.29 is 18.7 Å². The van der Waals surface area contributed by atoms with E-state index in [0.717, 1.165) is 12.8 Å². The average molecular weight is 350 g/mol. The van der Waals surface area contributed by atoms with E-state index in [9.17, 15) is 9.59 Å². The number of amides is 2. The summed E-state index contributed by atoms with van der Waals surface area (Å²) in [4.78, 5) is 30.3. The molecular formula is C17H26N4O4. The summed E-state index contributed by atoms with van der Waals surface area (Å²) in [6.07, 6.45) is 2.63. The van der Waals surface area contributed by atoms with Crippen molar-refractivity contribution in [2.45, 2.75) is 51.2 Å². The van der Waals surface area contributed by atoms with Crippen LogP contribution in [-0.4, -0.2) is 60.1 Å². The number of primary amides is 1. The normalized spacial score (nSPS) is 22.6. The van der Waals surface area contributed by atoms with Crippen molar-refractivity contribution >= 4 is 11.8 Å². The summed E-state index contributed by atoms with van der Waals surface area (Å²) in [6.45, 7) is 5.80. The smallest absolute Gasteiger partial charge is 0.289 e. The van der Waals surface area contributed by atoms with Crippen molar-refractivity contribution in [2.75, 3.05) is 26.2 Å². The van der Waals surface area contributed by atoms with Gasteiger partial charge in [-0.25, -0.2) is 4.98 Å². The zero-order valence-corrected chi connectivity index (χ0v) is 14.8. The Labute approximate surface area is 147 Å². The fourth-order valence-electron chi connectivity index (χ4n) is 3.21. The highest BCUT2D eigenvalue weighted by molar-refractivity contribution is 5.92. The van der Waals surface area contributed by atoms with Crippen molar-refractivity contribution in [3.63, 3.8) is 0 Å². The number of nitrogens with zero attached hydrogens (tertiary/aromatic N) is 2. The van der Waals surface area contributed by atoms with E-state index in [-0.39, 0.29) is 29.7 Å². The monoisotopic (exact) mass is 350 g/mol. The van der Waals surface area contributed by atoms with Gasteiger partial charge in [0.1, 0.15) is 0 Å². The molecule has 2 atom stereocenters. The van der Waals surface area contributed by atoms with Crippen LogP contribution in [0.25, 0.3) is 0 Å². The molecule has 1 aromatic heterocycles. The molecule has 8 nitrogen and oxygen atoms in total. The van der Waals surface area contributed by atoms with Crippen LogP contribution >= 0.6 is 0 Å². The van der Waals surface area contributed by atoms with Gasteiger partial charge in [-0.2, -0.15) is 0 Å². The lowest BCUT2D eigenvalue weighted by molar-refractivity contribution is -0.126. The second kappa shape index (κ2) is 7.53. The van der Waals surface area contributed by atoms with Gasteiger partial charge in [0.2, 0.25) is 11.7 Å². The molecule has 2 fully saturated rings. The third-order valence-corrected chi connectivity index (χ3v) is 4.76. The first-order valence-electron chi connectivity index (χ1n) is 8.90. The molecule has 1 aromatic rings. The summed E-state index contributed by atoms with van der Waals surface area (Å²) in [5.74, 6) is 0.708. The summed E-state index contributed by atoms with van der Waals surface area (Å²) in [7, 11) is 0. The van der Waals surface area contributed by atoms with Gasteiger partial charge < -0.3 is 20.2 Å². The molecule has 2 heterocycles. The van der Waals surface area contributed by atoms with E-state index in [1.807, 2.05) is 11.8 Å². The maximum atomic E-state index is 12.4. The first-order valence-corrected chi connectivity index (χ1v) is 8.90. The number of oxazole rings is 1. The molecule has 2 unspecified atom stereocenters. The van der Waals surface area contributed by atoms with E-state index in [2.05, 4.69) is 10.3 Å². The maximum absolute atomic E-state index is 12.4. The minimum absolute atomic E-state index is 0.183. The summed E-state index contributed by atoms with van der Waals surface area (Å²) in [6, 6.07) is -0.292. The molecule has 2 amide bonds. The van der Waals surface area contributed by atoms with Crippen LogP contribution in [0.1, 0.15) is 54.2 Å². The fraction of sp³-hybridized carbons (Fsp3) is 0.706. The van der Waals surface area contributed by atoms with Gasteiger partial charge in [0.05, 0.1) is 24.4 Å². The number of morpholine rings is 1. The van der Waals surface area contributed by atoms with Gasteiger partial charge in [0.15, 0.2) is 5.89 Å². The summed E-state index contributed by atoms with van der Waals surface area (Å²) >= 11 is 0. The molecule has 25 heavy (non-hydrogen) atoms. The predicted molar refractivity (Wildman–Crippen MR) is 90.1 cm³/mol. The van der Waals surface area contributed by atoms with Crippen LogP contribution in [-0.2, 0) is 9.53 Å². The van der Waals surface area contributed by atoms with Crippen LogP contribution in [0.4, 0.5) is 0 Å². The Hall–Kier alpha value is -1.93. The number of rotatable bonds is 7. The van der Waals surface area contributed by atoms with E-state index in [1.54, 1.807) is 6.92 Å². The van der Waals surface area contributed by atoms with Gasteiger partial charge in [-0.1, -0.05) is 6.92 Å². The minimum Gasteiger partial charge on any atom is -0.435 e. The maximum Gasteiger partial charge on any atom is 0.289 e. The van der Waals surface area contributed by atoms with Crippen molar-refractivity contribution in [3.8, 4) is 0 Å². The molecule has 0 bridgehead atoms. The molecular weight excluding hydrogens is 324 g/mol. The summed E-state index contributed by atoms with van der Waals surface area (Å²) in [5, 5.41) is 2.85. The van der Waals surface area contributed by atoms with Gasteiger partial charge in [-0.05, 0) is 26.2 Å². The Morgan fingerprint density at radius 2 is 2.20 bits per heavy atom. The van der Waals surface area contributed by atoms with Crippen LogP contribution in [0.5, 0.6) is 0 Å². The molecule has 1 aliphatic heterocycles. The van der Waals surface area contributed by atoms with E-state index in [1.165, 1.54) is 0 Å². The zero-order chi connectivity index (χ0) is 18.0. The molecule has 0 aromatic carbocycles. The molecule has 0 spiro atoms. The predicted octanol–water partition coefficient (Wildman–Crippen LogP) is 0.555. The highest BCUT2D eigenvalue weighted by Gasteiger charge is 2.32. The largest absolute Gasteiger partial charge is 0.435 e. The highest BCUT2D eigenvalue weighted by Crippen LogP contribution is 2.40. The van der Waals surface area contributed by atoms with Crippen LogP contribution in [0.3, 0.4) is 0 Å². The fourth-order valence-corrected chi connectivity index (χ4v) is 3.21. The Morgan fingerprint density at radius 1 is 1.44 bits per heavy atom. The lowest BCUT2D eigenvalue weighted by Crippen LogP contribution is -2.54. The highest BCUT2D eigenvalue weighted by atomic mass is 16.5. The molecule has 1 aliphatic carbocycles. The average Bonchev–Trinajstić information content (AvgIpc) is 3.36. The number of nitrogens with two attached hydrogens (primary N) is 1. The molecule has 8 heteroatoms. The molecule has 0 radical (unpaired) electrons. The van der Waals surface area contributed by atoms with Crippen molar-refractivity contribution in [1.82, 2.24) is 15.2 Å². The van der Waals surface area contributed by atoms with Crippen molar-refractivity contribution in [2.24, 2.45) is 5.73 Å². The third-order valence-electron chi connectivity index (χ3n) is 4.76. The van der Waals surface area contributed by atoms with Gasteiger partial charge >= 0.3 is 0 Å². The third kappa shape index (κ3) is 4.19. The second-order valence-electron chi connectivity index (χ2n) is 6.77. The number of hydrogen-bond acceptors (Lipinski definition) is 6. The molecule has 3 N–H and O–H groups in total. The number of carbonyl (C=O) groups excluding carboxylic acids is 2. The van der Waals surface area contributed by atoms with Gasteiger partial charge in [0, 0.05) is 25.6 Å². The van der Waals surface area contributed by atoms with Crippen LogP contribution in [0.2, 0.25) is 0 Å². The Morgan fingerprint density at radius 3 is 2.84 bits per heavy atom. The van der Waals surface area contributed by atoms with Crippen LogP contribution < -0.4 is 11.1 Å². The van der Waals surface area contributed by atoms with Gasteiger partial charge in [0.25, 0.3) is 5.91 Å². The van der Waals surface area contributed by atoms with Crippen LogP contribution in [0, 0.1) is 6.92 Å². The quantitative estimate of drug-likeness (QED) is 0.743. The summed E-state index contributed by atoms with van der Waals surface area (Å²) in [5.41, 5.74) is 6.08. The van der Waals surface area contributed by atoms with Crippen LogP contribution in [0.15, 0.2) is 4.42 Å². The van der Waals surface area contributed by atoms with Gasteiger partial charge in [-0.3, -0.25) is 14.5 Å². The molecule has 2 aliphatic rings. The van der Waals surface area contributed by atoms with E-state index >= 15 is 0 Å². The zero-order valence-electron chi connectivity index (χ0n) is 14.8. The molecule has 1 saturated carbocycles. The Kier molecular flexibility index (Phi) is 5.39. The number of aryl methyl sites for hydroxylation is 1. The van der Waals surface area contributed by atoms with E-state index in [0.29, 0.717) is 50.2 Å². The number of carbonyl (C=O) groups is 2. The molecule has 138 valence electrons. The topological polar surface area (TPSA) is 111 Å². The first kappa shape index (κ1) is 17.9. The molecule has 1 saturated heterocycles. The standard InChI is InChI=1S/C17H26N4O4/c1-3-13(15(18)22)21-6-7-24-12(9-21)8-19-16(23)14-10(2)20-17(25-14)11-4-5-11/h11-13H,3-9H2,1-2H3,(H2,18,22)(H,19,23). The minimum atomic E-state index is -0.322. The lowest BCUT2D eigenvalue weighted by Gasteiger charge is -2.36. The lowest BCUT2D eigenvalue weighted by atomic mass is 10.1. The number of hydrogen-bond donors (Lipinski definition) is 2. The van der Waals surface area contributed by atoms with E-state index in [4.69, 9.17) is 14.9 Å². The van der Waals surface area contributed by atoms with E-state index < -0.39 is 0 Å². The van der Waals surface area contributed by atoms with Crippen molar-refractivity contribution in [1.29, 1.82) is 0 Å². The second-order valence-corrected chi connectivity index (χ2v) is 6.77. The van der Waals surface area contributed by atoms with Gasteiger partial charge in [-0.15, -0.1) is 0 Å².